The summed E-state index contributed by atoms with van der Waals surface area (Å²) < 4.78 is 0. The maximum atomic E-state index is 12.8. The normalized spacial score (nSPS) is 12.1. The van der Waals surface area contributed by atoms with E-state index in [9.17, 15) is 9.59 Å². The summed E-state index contributed by atoms with van der Waals surface area (Å²) >= 11 is 1.46. The maximum Gasteiger partial charge on any atom is 0.252 e. The van der Waals surface area contributed by atoms with Crippen LogP contribution in [0.25, 0.3) is 21.3 Å². The number of nitrogens with zero attached hydrogens (tertiary/aromatic N) is 1. The Balaban J connectivity index is 1.56. The molecule has 0 radical (unpaired) electrons. The Morgan fingerprint density at radius 1 is 1.21 bits per heavy atom. The quantitative estimate of drug-likeness (QED) is 0.477. The number of benzene rings is 2. The minimum absolute atomic E-state index is 0.119. The van der Waals surface area contributed by atoms with Gasteiger partial charge in [-0.15, -0.1) is 11.3 Å². The highest BCUT2D eigenvalue weighted by molar-refractivity contribution is 7.17. The number of hydrogen-bond donors (Lipinski definition) is 2. The predicted molar refractivity (Wildman–Crippen MR) is 112 cm³/mol. The monoisotopic (exact) mass is 389 g/mol. The number of H-pyrrole nitrogens is 1. The van der Waals surface area contributed by atoms with Crippen molar-refractivity contribution in [2.75, 3.05) is 0 Å². The molecule has 2 aromatic heterocycles. The van der Waals surface area contributed by atoms with E-state index in [0.29, 0.717) is 10.4 Å². The molecule has 4 aromatic rings. The second-order valence-electron chi connectivity index (χ2n) is 6.76. The van der Waals surface area contributed by atoms with Crippen LogP contribution in [0.15, 0.2) is 54.7 Å². The number of nitrogens with one attached hydrogen (secondary N) is 2. The number of aromatic amines is 1. The van der Waals surface area contributed by atoms with E-state index >= 15 is 0 Å². The van der Waals surface area contributed by atoms with E-state index in [4.69, 9.17) is 0 Å². The molecule has 0 saturated heterocycles. The van der Waals surface area contributed by atoms with Gasteiger partial charge in [-0.2, -0.15) is 5.10 Å². The van der Waals surface area contributed by atoms with Gasteiger partial charge in [0.15, 0.2) is 6.29 Å². The van der Waals surface area contributed by atoms with Crippen molar-refractivity contribution in [3.05, 3.63) is 76.3 Å². The van der Waals surface area contributed by atoms with Crippen LogP contribution in [0.4, 0.5) is 0 Å². The van der Waals surface area contributed by atoms with Gasteiger partial charge >= 0.3 is 0 Å². The van der Waals surface area contributed by atoms with Crippen LogP contribution in [0.1, 0.15) is 44.1 Å². The third-order valence-corrected chi connectivity index (χ3v) is 5.85. The first kappa shape index (κ1) is 18.1. The van der Waals surface area contributed by atoms with Gasteiger partial charge < -0.3 is 5.32 Å². The Kier molecular flexibility index (Phi) is 4.79. The maximum absolute atomic E-state index is 12.8. The second-order valence-corrected chi connectivity index (χ2v) is 7.88. The van der Waals surface area contributed by atoms with E-state index in [1.54, 1.807) is 6.20 Å². The molecule has 2 aromatic carbocycles. The lowest BCUT2D eigenvalue weighted by Gasteiger charge is -2.16. The van der Waals surface area contributed by atoms with Crippen LogP contribution in [0.2, 0.25) is 0 Å². The summed E-state index contributed by atoms with van der Waals surface area (Å²) in [6.07, 6.45) is 2.61. The molecular formula is C22H19N3O2S. The number of hydrogen-bond acceptors (Lipinski definition) is 4. The van der Waals surface area contributed by atoms with Crippen LogP contribution in [-0.4, -0.2) is 22.4 Å². The lowest BCUT2D eigenvalue weighted by Crippen LogP contribution is -2.27. The molecule has 0 aliphatic heterocycles. The van der Waals surface area contributed by atoms with Gasteiger partial charge in [-0.25, -0.2) is 0 Å². The first-order chi connectivity index (χ1) is 13.5. The zero-order chi connectivity index (χ0) is 19.7. The van der Waals surface area contributed by atoms with Gasteiger partial charge in [0, 0.05) is 15.8 Å². The molecule has 1 unspecified atom stereocenters. The van der Waals surface area contributed by atoms with Crippen molar-refractivity contribution in [1.82, 2.24) is 15.5 Å². The fraction of sp³-hybridized carbons (Fsp3) is 0.136. The molecule has 0 aliphatic carbocycles. The van der Waals surface area contributed by atoms with E-state index in [1.165, 1.54) is 11.3 Å². The molecule has 0 saturated carbocycles. The predicted octanol–water partition coefficient (Wildman–Crippen LogP) is 4.90. The summed E-state index contributed by atoms with van der Waals surface area (Å²) in [5, 5.41) is 11.0. The highest BCUT2D eigenvalue weighted by Crippen LogP contribution is 2.29. The number of amides is 1. The highest BCUT2D eigenvalue weighted by atomic mass is 32.1. The summed E-state index contributed by atoms with van der Waals surface area (Å²) in [5.74, 6) is -0.119. The zero-order valence-corrected chi connectivity index (χ0v) is 16.3. The van der Waals surface area contributed by atoms with Gasteiger partial charge in [0.2, 0.25) is 0 Å². The Morgan fingerprint density at radius 2 is 2.07 bits per heavy atom. The summed E-state index contributed by atoms with van der Waals surface area (Å²) in [7, 11) is 0. The Hall–Kier alpha value is -3.25. The van der Waals surface area contributed by atoms with Gasteiger partial charge in [-0.3, -0.25) is 14.7 Å². The molecule has 0 spiro atoms. The van der Waals surface area contributed by atoms with Crippen molar-refractivity contribution >= 4 is 34.4 Å². The molecule has 4 rings (SSSR count). The number of aldehydes is 1. The van der Waals surface area contributed by atoms with Crippen LogP contribution in [-0.2, 0) is 0 Å². The number of carbonyl (C=O) groups excluding carboxylic acids is 2. The topological polar surface area (TPSA) is 74.8 Å². The number of aryl methyl sites for hydroxylation is 1. The van der Waals surface area contributed by atoms with Crippen LogP contribution in [0.5, 0.6) is 0 Å². The SMILES string of the molecule is Cc1cc2cn[nH]c2cc1C(=O)NC(C)c1cccc(-c2ccc(C=O)s2)c1. The van der Waals surface area contributed by atoms with Gasteiger partial charge in [0.25, 0.3) is 5.91 Å². The summed E-state index contributed by atoms with van der Waals surface area (Å²) in [6, 6.07) is 15.4. The molecule has 1 atom stereocenters. The Labute approximate surface area is 166 Å². The lowest BCUT2D eigenvalue weighted by atomic mass is 10.0. The molecular weight excluding hydrogens is 370 g/mol. The van der Waals surface area contributed by atoms with Crippen molar-refractivity contribution in [1.29, 1.82) is 0 Å². The standard InChI is InChI=1S/C22H19N3O2S/c1-13-8-17-11-23-25-20(17)10-19(13)22(27)24-14(2)15-4-3-5-16(9-15)21-7-6-18(12-26)28-21/h3-12,14H,1-2H3,(H,23,25)(H,24,27). The van der Waals surface area contributed by atoms with Crippen LogP contribution in [0, 0.1) is 6.92 Å². The molecule has 0 aliphatic rings. The first-order valence-corrected chi connectivity index (χ1v) is 9.77. The molecule has 0 fully saturated rings. The molecule has 6 heteroatoms. The van der Waals surface area contributed by atoms with Crippen molar-refractivity contribution in [3.63, 3.8) is 0 Å². The lowest BCUT2D eigenvalue weighted by molar-refractivity contribution is 0.0939. The number of aromatic nitrogens is 2. The zero-order valence-electron chi connectivity index (χ0n) is 15.5. The number of thiophene rings is 1. The van der Waals surface area contributed by atoms with Crippen LogP contribution in [0.3, 0.4) is 0 Å². The van der Waals surface area contributed by atoms with E-state index in [0.717, 1.165) is 38.8 Å². The smallest absolute Gasteiger partial charge is 0.252 e. The number of rotatable bonds is 5. The van der Waals surface area contributed by atoms with Gasteiger partial charge in [0.05, 0.1) is 22.6 Å². The summed E-state index contributed by atoms with van der Waals surface area (Å²) in [5.41, 5.74) is 4.42. The minimum Gasteiger partial charge on any atom is -0.346 e. The molecule has 28 heavy (non-hydrogen) atoms. The van der Waals surface area contributed by atoms with Crippen molar-refractivity contribution < 1.29 is 9.59 Å². The molecule has 1 amide bonds. The molecule has 2 N–H and O–H groups in total. The third-order valence-electron chi connectivity index (χ3n) is 4.79. The van der Waals surface area contributed by atoms with Gasteiger partial charge in [-0.1, -0.05) is 18.2 Å². The fourth-order valence-electron chi connectivity index (χ4n) is 3.24. The largest absolute Gasteiger partial charge is 0.346 e. The van der Waals surface area contributed by atoms with Crippen molar-refractivity contribution in [2.24, 2.45) is 0 Å². The Morgan fingerprint density at radius 3 is 2.86 bits per heavy atom. The third kappa shape index (κ3) is 3.46. The van der Waals surface area contributed by atoms with E-state index < -0.39 is 0 Å². The van der Waals surface area contributed by atoms with Gasteiger partial charge in [0.1, 0.15) is 0 Å². The Bertz CT molecular complexity index is 1180. The van der Waals surface area contributed by atoms with Crippen molar-refractivity contribution in [2.45, 2.75) is 19.9 Å². The second kappa shape index (κ2) is 7.40. The molecule has 140 valence electrons. The van der Waals surface area contributed by atoms with Crippen LogP contribution < -0.4 is 5.32 Å². The number of carbonyl (C=O) groups is 2. The van der Waals surface area contributed by atoms with E-state index in [1.807, 2.05) is 56.3 Å². The van der Waals surface area contributed by atoms with Crippen molar-refractivity contribution in [3.8, 4) is 10.4 Å². The van der Waals surface area contributed by atoms with Gasteiger partial charge in [-0.05, 0) is 60.9 Å². The minimum atomic E-state index is -0.158. The summed E-state index contributed by atoms with van der Waals surface area (Å²) in [6.45, 7) is 3.89. The fourth-order valence-corrected chi connectivity index (χ4v) is 4.06. The summed E-state index contributed by atoms with van der Waals surface area (Å²) in [4.78, 5) is 25.5. The molecule has 0 bridgehead atoms. The van der Waals surface area contributed by atoms with E-state index in [2.05, 4.69) is 21.6 Å². The average molecular weight is 389 g/mol. The molecule has 5 nitrogen and oxygen atoms in total. The van der Waals surface area contributed by atoms with Crippen LogP contribution >= 0.6 is 11.3 Å². The van der Waals surface area contributed by atoms with E-state index in [-0.39, 0.29) is 11.9 Å². The molecule has 2 heterocycles. The highest BCUT2D eigenvalue weighted by Gasteiger charge is 2.15. The first-order valence-electron chi connectivity index (χ1n) is 8.95. The average Bonchev–Trinajstić information content (AvgIpc) is 3.36. The number of fused-ring (bicyclic) bond motifs is 1.